The van der Waals surface area contributed by atoms with Gasteiger partial charge in [0.1, 0.15) is 17.2 Å². The number of methoxy groups -OCH3 is 2. The number of aromatic nitrogens is 1. The number of amides is 1. The van der Waals surface area contributed by atoms with Crippen LogP contribution in [0.25, 0.3) is 0 Å². The number of aryl methyl sites for hydroxylation is 1. The molecular formula is C21H28N2O5. The molecule has 2 aromatic rings. The van der Waals surface area contributed by atoms with E-state index in [4.69, 9.17) is 14.2 Å². The Hall–Kier alpha value is -2.96. The molecule has 7 heteroatoms. The first-order valence-electron chi connectivity index (χ1n) is 9.17. The monoisotopic (exact) mass is 388 g/mol. The van der Waals surface area contributed by atoms with E-state index in [9.17, 15) is 9.59 Å². The Morgan fingerprint density at radius 3 is 2.46 bits per heavy atom. The van der Waals surface area contributed by atoms with Gasteiger partial charge in [0.2, 0.25) is 0 Å². The Kier molecular flexibility index (Phi) is 7.09. The normalized spacial score (nSPS) is 10.7. The van der Waals surface area contributed by atoms with Gasteiger partial charge in [-0.2, -0.15) is 0 Å². The molecule has 2 rings (SSSR count). The third-order valence-electron chi connectivity index (χ3n) is 4.38. The molecule has 0 spiro atoms. The minimum Gasteiger partial charge on any atom is -0.497 e. The highest BCUT2D eigenvalue weighted by Gasteiger charge is 2.23. The van der Waals surface area contributed by atoms with Crippen molar-refractivity contribution in [1.29, 1.82) is 0 Å². The maximum absolute atomic E-state index is 12.6. The Labute approximate surface area is 165 Å². The van der Waals surface area contributed by atoms with Gasteiger partial charge in [0.05, 0.1) is 25.9 Å². The standard InChI is InChI=1S/C21H28N2O5/c1-12(2)28-21(25)18-13(3)19(23-14(18)4)20(24)22-10-9-15-11-16(26-5)7-8-17(15)27-6/h7-8,11-12,23H,9-10H2,1-6H3,(H,22,24). The number of carbonyl (C=O) groups excluding carboxylic acids is 2. The van der Waals surface area contributed by atoms with Crippen molar-refractivity contribution < 1.29 is 23.8 Å². The second-order valence-electron chi connectivity index (χ2n) is 6.76. The highest BCUT2D eigenvalue weighted by atomic mass is 16.5. The van der Waals surface area contributed by atoms with Crippen molar-refractivity contribution >= 4 is 11.9 Å². The first-order chi connectivity index (χ1) is 13.3. The Balaban J connectivity index is 2.07. The number of hydrogen-bond donors (Lipinski definition) is 2. The van der Waals surface area contributed by atoms with Crippen LogP contribution in [0.5, 0.6) is 11.5 Å². The van der Waals surface area contributed by atoms with Gasteiger partial charge in [-0.3, -0.25) is 4.79 Å². The topological polar surface area (TPSA) is 89.7 Å². The average molecular weight is 388 g/mol. The minimum atomic E-state index is -0.429. The summed E-state index contributed by atoms with van der Waals surface area (Å²) in [7, 11) is 3.21. The van der Waals surface area contributed by atoms with Gasteiger partial charge in [-0.1, -0.05) is 0 Å². The molecule has 0 saturated carbocycles. The summed E-state index contributed by atoms with van der Waals surface area (Å²) in [6, 6.07) is 5.54. The third kappa shape index (κ3) is 4.85. The lowest BCUT2D eigenvalue weighted by atomic mass is 10.1. The Morgan fingerprint density at radius 2 is 1.86 bits per heavy atom. The number of hydrogen-bond acceptors (Lipinski definition) is 5. The van der Waals surface area contributed by atoms with Crippen LogP contribution < -0.4 is 14.8 Å². The molecule has 0 saturated heterocycles. The van der Waals surface area contributed by atoms with Crippen molar-refractivity contribution in [3.8, 4) is 11.5 Å². The molecule has 1 heterocycles. The van der Waals surface area contributed by atoms with Crippen LogP contribution in [0.15, 0.2) is 18.2 Å². The predicted molar refractivity (Wildman–Crippen MR) is 106 cm³/mol. The third-order valence-corrected chi connectivity index (χ3v) is 4.38. The summed E-state index contributed by atoms with van der Waals surface area (Å²) in [6.45, 7) is 7.47. The highest BCUT2D eigenvalue weighted by molar-refractivity contribution is 6.00. The fraction of sp³-hybridized carbons (Fsp3) is 0.429. The summed E-state index contributed by atoms with van der Waals surface area (Å²) in [6.07, 6.45) is 0.351. The zero-order chi connectivity index (χ0) is 20.8. The first-order valence-corrected chi connectivity index (χ1v) is 9.17. The van der Waals surface area contributed by atoms with Crippen molar-refractivity contribution in [1.82, 2.24) is 10.3 Å². The van der Waals surface area contributed by atoms with E-state index in [-0.39, 0.29) is 12.0 Å². The van der Waals surface area contributed by atoms with Gasteiger partial charge in [-0.05, 0) is 63.4 Å². The van der Waals surface area contributed by atoms with Gasteiger partial charge in [0.25, 0.3) is 5.91 Å². The molecule has 0 aliphatic carbocycles. The quantitative estimate of drug-likeness (QED) is 0.678. The zero-order valence-corrected chi connectivity index (χ0v) is 17.3. The van der Waals surface area contributed by atoms with Gasteiger partial charge >= 0.3 is 5.97 Å². The van der Waals surface area contributed by atoms with E-state index in [1.165, 1.54) is 0 Å². The fourth-order valence-corrected chi connectivity index (χ4v) is 3.03. The second-order valence-corrected chi connectivity index (χ2v) is 6.76. The lowest BCUT2D eigenvalue weighted by Gasteiger charge is -2.11. The molecule has 0 aliphatic rings. The van der Waals surface area contributed by atoms with Crippen molar-refractivity contribution in [2.75, 3.05) is 20.8 Å². The van der Waals surface area contributed by atoms with E-state index in [2.05, 4.69) is 10.3 Å². The van der Waals surface area contributed by atoms with Crippen molar-refractivity contribution in [3.05, 3.63) is 46.3 Å². The predicted octanol–water partition coefficient (Wildman–Crippen LogP) is 3.19. The summed E-state index contributed by atoms with van der Waals surface area (Å²) in [5, 5.41) is 2.88. The van der Waals surface area contributed by atoms with E-state index in [0.717, 1.165) is 17.1 Å². The number of H-pyrrole nitrogens is 1. The second kappa shape index (κ2) is 9.30. The van der Waals surface area contributed by atoms with Gasteiger partial charge < -0.3 is 24.5 Å². The van der Waals surface area contributed by atoms with Crippen LogP contribution in [0.2, 0.25) is 0 Å². The summed E-state index contributed by atoms with van der Waals surface area (Å²) in [4.78, 5) is 27.9. The molecule has 0 radical (unpaired) electrons. The molecule has 0 atom stereocenters. The average Bonchev–Trinajstić information content (AvgIpc) is 2.95. The van der Waals surface area contributed by atoms with Gasteiger partial charge in [-0.25, -0.2) is 4.79 Å². The Bertz CT molecular complexity index is 855. The molecule has 1 amide bonds. The number of nitrogens with one attached hydrogen (secondary N) is 2. The zero-order valence-electron chi connectivity index (χ0n) is 17.3. The molecule has 0 aliphatic heterocycles. The molecule has 1 aromatic heterocycles. The molecule has 152 valence electrons. The Morgan fingerprint density at radius 1 is 1.14 bits per heavy atom. The van der Waals surface area contributed by atoms with Gasteiger partial charge in [0, 0.05) is 12.2 Å². The van der Waals surface area contributed by atoms with E-state index in [1.807, 2.05) is 18.2 Å². The van der Waals surface area contributed by atoms with Crippen LogP contribution in [0.4, 0.5) is 0 Å². The van der Waals surface area contributed by atoms with Crippen LogP contribution in [0, 0.1) is 13.8 Å². The molecule has 0 fully saturated rings. The van der Waals surface area contributed by atoms with E-state index in [1.54, 1.807) is 41.9 Å². The summed E-state index contributed by atoms with van der Waals surface area (Å²) >= 11 is 0. The van der Waals surface area contributed by atoms with Crippen molar-refractivity contribution in [3.63, 3.8) is 0 Å². The number of benzene rings is 1. The maximum atomic E-state index is 12.6. The molecule has 0 unspecified atom stereocenters. The molecular weight excluding hydrogens is 360 g/mol. The lowest BCUT2D eigenvalue weighted by Crippen LogP contribution is -2.27. The molecule has 28 heavy (non-hydrogen) atoms. The largest absolute Gasteiger partial charge is 0.497 e. The summed E-state index contributed by atoms with van der Waals surface area (Å²) < 4.78 is 15.9. The molecule has 0 bridgehead atoms. The number of carbonyl (C=O) groups is 2. The number of aromatic amines is 1. The number of rotatable bonds is 8. The number of esters is 1. The van der Waals surface area contributed by atoms with Gasteiger partial charge in [-0.15, -0.1) is 0 Å². The van der Waals surface area contributed by atoms with E-state index < -0.39 is 5.97 Å². The molecule has 7 nitrogen and oxygen atoms in total. The SMILES string of the molecule is COc1ccc(OC)c(CCNC(=O)c2[nH]c(C)c(C(=O)OC(C)C)c2C)c1. The van der Waals surface area contributed by atoms with E-state index >= 15 is 0 Å². The van der Waals surface area contributed by atoms with Crippen LogP contribution in [-0.4, -0.2) is 43.7 Å². The smallest absolute Gasteiger partial charge is 0.340 e. The molecule has 1 aromatic carbocycles. The molecule has 2 N–H and O–H groups in total. The van der Waals surface area contributed by atoms with Gasteiger partial charge in [0.15, 0.2) is 0 Å². The van der Waals surface area contributed by atoms with E-state index in [0.29, 0.717) is 35.5 Å². The highest BCUT2D eigenvalue weighted by Crippen LogP contribution is 2.24. The minimum absolute atomic E-state index is 0.226. The summed E-state index contributed by atoms with van der Waals surface area (Å²) in [5.74, 6) is 0.763. The fourth-order valence-electron chi connectivity index (χ4n) is 3.03. The van der Waals surface area contributed by atoms with Crippen molar-refractivity contribution in [2.45, 2.75) is 40.2 Å². The maximum Gasteiger partial charge on any atom is 0.340 e. The lowest BCUT2D eigenvalue weighted by molar-refractivity contribution is 0.0376. The summed E-state index contributed by atoms with van der Waals surface area (Å²) in [5.41, 5.74) is 2.91. The van der Waals surface area contributed by atoms with Crippen LogP contribution in [0.1, 0.15) is 51.5 Å². The van der Waals surface area contributed by atoms with Crippen LogP contribution >= 0.6 is 0 Å². The van der Waals surface area contributed by atoms with Crippen molar-refractivity contribution in [2.24, 2.45) is 0 Å². The number of ether oxygens (including phenoxy) is 3. The first kappa shape index (κ1) is 21.3. The van der Waals surface area contributed by atoms with Crippen LogP contribution in [0.3, 0.4) is 0 Å². The van der Waals surface area contributed by atoms with Crippen LogP contribution in [-0.2, 0) is 11.2 Å².